The highest BCUT2D eigenvalue weighted by atomic mass is 32.2. The molecule has 0 aliphatic heterocycles. The third kappa shape index (κ3) is 2.14. The summed E-state index contributed by atoms with van der Waals surface area (Å²) in [5.41, 5.74) is 0.432. The Kier molecular flexibility index (Phi) is 4.20. The number of hydrogen-bond donors (Lipinski definition) is 1. The molecule has 0 unspecified atom stereocenters. The molecule has 0 radical (unpaired) electrons. The molecule has 0 amide bonds. The fourth-order valence-corrected chi connectivity index (χ4v) is 4.57. The van der Waals surface area contributed by atoms with Crippen molar-refractivity contribution in [3.8, 4) is 0 Å². The van der Waals surface area contributed by atoms with Gasteiger partial charge >= 0.3 is 0 Å². The lowest BCUT2D eigenvalue weighted by Gasteiger charge is -2.44. The molecular weight excluding hydrogens is 220 g/mol. The zero-order chi connectivity index (χ0) is 11.6. The van der Waals surface area contributed by atoms with Gasteiger partial charge in [-0.2, -0.15) is 0 Å². The molecule has 2 nitrogen and oxygen atoms in total. The van der Waals surface area contributed by atoms with Gasteiger partial charge in [0.2, 0.25) is 0 Å². The normalized spacial score (nSPS) is 43.3. The molecule has 16 heavy (non-hydrogen) atoms. The van der Waals surface area contributed by atoms with E-state index >= 15 is 0 Å². The molecule has 2 rings (SSSR count). The van der Waals surface area contributed by atoms with Crippen LogP contribution in [-0.2, 0) is 4.18 Å². The molecule has 0 aromatic heterocycles. The van der Waals surface area contributed by atoms with Crippen molar-refractivity contribution in [3.63, 3.8) is 0 Å². The SMILES string of the molecule is CSO[C@H]1CCC[C@]2(C)[C@@H](CCO)CC[C@@H]12. The quantitative estimate of drug-likeness (QED) is 0.770. The van der Waals surface area contributed by atoms with Crippen LogP contribution in [-0.4, -0.2) is 24.1 Å². The van der Waals surface area contributed by atoms with Gasteiger partial charge in [0.25, 0.3) is 0 Å². The Bertz CT molecular complexity index is 232. The monoisotopic (exact) mass is 244 g/mol. The van der Waals surface area contributed by atoms with Crippen molar-refractivity contribution in [1.29, 1.82) is 0 Å². The molecule has 0 spiro atoms. The second-order valence-corrected chi connectivity index (χ2v) is 6.12. The van der Waals surface area contributed by atoms with E-state index in [0.717, 1.165) is 18.3 Å². The summed E-state index contributed by atoms with van der Waals surface area (Å²) in [7, 11) is 0. The van der Waals surface area contributed by atoms with Gasteiger partial charge in [0, 0.05) is 12.9 Å². The maximum Gasteiger partial charge on any atom is 0.0755 e. The minimum atomic E-state index is 0.348. The van der Waals surface area contributed by atoms with Gasteiger partial charge in [0.05, 0.1) is 6.10 Å². The van der Waals surface area contributed by atoms with Crippen LogP contribution in [0.1, 0.15) is 45.4 Å². The van der Waals surface area contributed by atoms with Gasteiger partial charge in [-0.3, -0.25) is 0 Å². The maximum absolute atomic E-state index is 9.17. The molecule has 94 valence electrons. The Morgan fingerprint density at radius 1 is 1.38 bits per heavy atom. The predicted octanol–water partition coefficient (Wildman–Crippen LogP) is 3.25. The fourth-order valence-electron chi connectivity index (χ4n) is 4.10. The first-order chi connectivity index (χ1) is 7.72. The number of fused-ring (bicyclic) bond motifs is 1. The van der Waals surface area contributed by atoms with Crippen LogP contribution in [0.4, 0.5) is 0 Å². The van der Waals surface area contributed by atoms with Crippen molar-refractivity contribution in [2.24, 2.45) is 17.3 Å². The van der Waals surface area contributed by atoms with E-state index in [1.54, 1.807) is 0 Å². The van der Waals surface area contributed by atoms with Crippen LogP contribution in [0.3, 0.4) is 0 Å². The standard InChI is InChI=1S/C13H24O2S/c1-13-8-3-4-12(15-16-2)11(13)6-5-10(13)7-9-14/h10-12,14H,3-9H2,1-2H3/t10-,11+,12+,13-/m1/s1. The third-order valence-electron chi connectivity index (χ3n) is 4.96. The minimum absolute atomic E-state index is 0.348. The molecule has 2 saturated carbocycles. The molecule has 3 heteroatoms. The van der Waals surface area contributed by atoms with Crippen LogP contribution in [0, 0.1) is 17.3 Å². The highest BCUT2D eigenvalue weighted by molar-refractivity contribution is 7.93. The summed E-state index contributed by atoms with van der Waals surface area (Å²) in [6.07, 6.45) is 9.90. The minimum Gasteiger partial charge on any atom is -0.396 e. The van der Waals surface area contributed by atoms with Gasteiger partial charge in [-0.25, -0.2) is 0 Å². The third-order valence-corrected chi connectivity index (χ3v) is 5.40. The van der Waals surface area contributed by atoms with Crippen molar-refractivity contribution in [2.45, 2.75) is 51.6 Å². The van der Waals surface area contributed by atoms with Crippen molar-refractivity contribution < 1.29 is 9.29 Å². The lowest BCUT2D eigenvalue weighted by molar-refractivity contribution is 0.00233. The highest BCUT2D eigenvalue weighted by Crippen LogP contribution is 2.57. The summed E-state index contributed by atoms with van der Waals surface area (Å²) < 4.78 is 5.84. The Morgan fingerprint density at radius 2 is 2.19 bits per heavy atom. The van der Waals surface area contributed by atoms with E-state index in [9.17, 15) is 0 Å². The Morgan fingerprint density at radius 3 is 2.88 bits per heavy atom. The second-order valence-electron chi connectivity index (χ2n) is 5.59. The first-order valence-electron chi connectivity index (χ1n) is 6.52. The molecule has 0 bridgehead atoms. The predicted molar refractivity (Wildman–Crippen MR) is 68.3 cm³/mol. The Hall–Kier alpha value is 0.270. The highest BCUT2D eigenvalue weighted by Gasteiger charge is 2.51. The molecule has 2 aliphatic carbocycles. The summed E-state index contributed by atoms with van der Waals surface area (Å²) in [5.74, 6) is 1.45. The van der Waals surface area contributed by atoms with Gasteiger partial charge in [0.1, 0.15) is 0 Å². The van der Waals surface area contributed by atoms with Crippen molar-refractivity contribution >= 4 is 12.0 Å². The van der Waals surface area contributed by atoms with Gasteiger partial charge in [0.15, 0.2) is 0 Å². The summed E-state index contributed by atoms with van der Waals surface area (Å²) in [6, 6.07) is 0. The average Bonchev–Trinajstić information content (AvgIpc) is 2.58. The van der Waals surface area contributed by atoms with Crippen LogP contribution < -0.4 is 0 Å². The zero-order valence-electron chi connectivity index (χ0n) is 10.4. The van der Waals surface area contributed by atoms with E-state index in [1.807, 2.05) is 6.26 Å². The van der Waals surface area contributed by atoms with E-state index in [-0.39, 0.29) is 0 Å². The summed E-state index contributed by atoms with van der Waals surface area (Å²) >= 11 is 1.52. The first-order valence-corrected chi connectivity index (χ1v) is 7.67. The number of hydrogen-bond acceptors (Lipinski definition) is 3. The van der Waals surface area contributed by atoms with Crippen LogP contribution in [0.25, 0.3) is 0 Å². The van der Waals surface area contributed by atoms with Gasteiger partial charge in [-0.1, -0.05) is 13.3 Å². The Balaban J connectivity index is 2.08. The van der Waals surface area contributed by atoms with Crippen LogP contribution in [0.15, 0.2) is 0 Å². The average molecular weight is 244 g/mol. The smallest absolute Gasteiger partial charge is 0.0755 e. The van der Waals surface area contributed by atoms with Gasteiger partial charge < -0.3 is 9.29 Å². The molecule has 4 atom stereocenters. The van der Waals surface area contributed by atoms with E-state index in [1.165, 1.54) is 44.1 Å². The topological polar surface area (TPSA) is 29.5 Å². The van der Waals surface area contributed by atoms with Gasteiger partial charge in [-0.15, -0.1) is 0 Å². The van der Waals surface area contributed by atoms with E-state index in [0.29, 0.717) is 18.1 Å². The summed E-state index contributed by atoms with van der Waals surface area (Å²) in [6.45, 7) is 2.78. The summed E-state index contributed by atoms with van der Waals surface area (Å²) in [5, 5.41) is 9.17. The molecular formula is C13H24O2S. The molecule has 0 aromatic carbocycles. The number of aliphatic hydroxyl groups is 1. The van der Waals surface area contributed by atoms with E-state index < -0.39 is 0 Å². The molecule has 2 aliphatic rings. The van der Waals surface area contributed by atoms with Crippen molar-refractivity contribution in [3.05, 3.63) is 0 Å². The largest absolute Gasteiger partial charge is 0.396 e. The number of rotatable bonds is 4. The molecule has 0 heterocycles. The zero-order valence-corrected chi connectivity index (χ0v) is 11.3. The van der Waals surface area contributed by atoms with Gasteiger partial charge in [-0.05, 0) is 61.4 Å². The fraction of sp³-hybridized carbons (Fsp3) is 1.00. The molecule has 1 N–H and O–H groups in total. The molecule has 0 saturated heterocycles. The maximum atomic E-state index is 9.17. The van der Waals surface area contributed by atoms with Crippen LogP contribution in [0.5, 0.6) is 0 Å². The van der Waals surface area contributed by atoms with Crippen molar-refractivity contribution in [2.75, 3.05) is 12.9 Å². The summed E-state index contributed by atoms with van der Waals surface area (Å²) in [4.78, 5) is 0. The van der Waals surface area contributed by atoms with Crippen molar-refractivity contribution in [1.82, 2.24) is 0 Å². The molecule has 2 fully saturated rings. The second kappa shape index (κ2) is 5.28. The van der Waals surface area contributed by atoms with Crippen LogP contribution in [0.2, 0.25) is 0 Å². The lowest BCUT2D eigenvalue weighted by atomic mass is 9.64. The molecule has 0 aromatic rings. The Labute approximate surface area is 103 Å². The van der Waals surface area contributed by atoms with Crippen LogP contribution >= 0.6 is 12.0 Å². The van der Waals surface area contributed by atoms with E-state index in [2.05, 4.69) is 6.92 Å². The first kappa shape index (κ1) is 12.7. The number of aliphatic hydroxyl groups excluding tert-OH is 1. The lowest BCUT2D eigenvalue weighted by Crippen LogP contribution is -2.40. The van der Waals surface area contributed by atoms with E-state index in [4.69, 9.17) is 9.29 Å².